The molecule has 0 atom stereocenters. The van der Waals surface area contributed by atoms with E-state index in [0.717, 1.165) is 22.0 Å². The summed E-state index contributed by atoms with van der Waals surface area (Å²) in [5.41, 5.74) is 8.56. The zero-order chi connectivity index (χ0) is 15.0. The molecule has 0 spiro atoms. The summed E-state index contributed by atoms with van der Waals surface area (Å²) in [4.78, 5) is 0.378. The van der Waals surface area contributed by atoms with Crippen molar-refractivity contribution in [3.63, 3.8) is 0 Å². The number of fused-ring (bicyclic) bond motifs is 1. The third-order valence-corrected chi connectivity index (χ3v) is 3.93. The number of nitrogens with zero attached hydrogens (tertiary/aromatic N) is 1. The molecule has 0 aliphatic heterocycles. The summed E-state index contributed by atoms with van der Waals surface area (Å²) in [5.74, 6) is -0.409. The Hall–Kier alpha value is -1.91. The van der Waals surface area contributed by atoms with Crippen LogP contribution in [-0.2, 0) is 6.54 Å². The number of thiocarbonyl (C=S) groups is 1. The van der Waals surface area contributed by atoms with Crippen LogP contribution >= 0.6 is 23.8 Å². The maximum absolute atomic E-state index is 13.2. The second kappa shape index (κ2) is 5.47. The lowest BCUT2D eigenvalue weighted by Crippen LogP contribution is -2.09. The zero-order valence-electron chi connectivity index (χ0n) is 11.0. The van der Waals surface area contributed by atoms with Gasteiger partial charge in [0.05, 0.1) is 5.02 Å². The average Bonchev–Trinajstić information content (AvgIpc) is 2.86. The molecular weight excluding hydrogens is 307 g/mol. The van der Waals surface area contributed by atoms with Crippen molar-refractivity contribution in [1.82, 2.24) is 4.57 Å². The van der Waals surface area contributed by atoms with E-state index in [1.165, 1.54) is 6.07 Å². The lowest BCUT2D eigenvalue weighted by atomic mass is 10.1. The highest BCUT2D eigenvalue weighted by atomic mass is 35.5. The molecule has 1 aromatic heterocycles. The molecule has 0 radical (unpaired) electrons. The predicted octanol–water partition coefficient (Wildman–Crippen LogP) is 4.12. The number of rotatable bonds is 3. The minimum Gasteiger partial charge on any atom is -0.389 e. The molecule has 3 rings (SSSR count). The number of hydrogen-bond donors (Lipinski definition) is 1. The van der Waals surface area contributed by atoms with Gasteiger partial charge >= 0.3 is 0 Å². The van der Waals surface area contributed by atoms with E-state index in [9.17, 15) is 4.39 Å². The van der Waals surface area contributed by atoms with E-state index in [0.29, 0.717) is 11.5 Å². The van der Waals surface area contributed by atoms with Gasteiger partial charge in [0.25, 0.3) is 0 Å². The van der Waals surface area contributed by atoms with Crippen molar-refractivity contribution in [2.24, 2.45) is 5.73 Å². The van der Waals surface area contributed by atoms with Crippen molar-refractivity contribution in [3.8, 4) is 0 Å². The van der Waals surface area contributed by atoms with Crippen LogP contribution in [0.15, 0.2) is 48.7 Å². The van der Waals surface area contributed by atoms with E-state index < -0.39 is 5.82 Å². The minimum atomic E-state index is -0.409. The number of hydrogen-bond acceptors (Lipinski definition) is 1. The van der Waals surface area contributed by atoms with Crippen LogP contribution in [-0.4, -0.2) is 9.56 Å². The Balaban J connectivity index is 2.03. The van der Waals surface area contributed by atoms with Gasteiger partial charge in [0.2, 0.25) is 0 Å². The molecule has 0 aliphatic rings. The fraction of sp³-hybridized carbons (Fsp3) is 0.0625. The van der Waals surface area contributed by atoms with Crippen molar-refractivity contribution >= 4 is 39.7 Å². The second-order valence-corrected chi connectivity index (χ2v) is 5.64. The summed E-state index contributed by atoms with van der Waals surface area (Å²) in [5, 5.41) is 1.14. The first-order valence-electron chi connectivity index (χ1n) is 6.38. The molecule has 0 unspecified atom stereocenters. The van der Waals surface area contributed by atoms with Gasteiger partial charge in [0, 0.05) is 29.2 Å². The van der Waals surface area contributed by atoms with Gasteiger partial charge in [-0.3, -0.25) is 0 Å². The first kappa shape index (κ1) is 14.0. The standard InChI is InChI=1S/C16H12ClFN2S/c17-13-8-10(4-5-14(13)18)9-20-7-6-11-12(16(19)21)2-1-3-15(11)20/h1-8H,9H2,(H2,19,21). The predicted molar refractivity (Wildman–Crippen MR) is 88.3 cm³/mol. The van der Waals surface area contributed by atoms with E-state index in [1.54, 1.807) is 12.1 Å². The topological polar surface area (TPSA) is 30.9 Å². The quantitative estimate of drug-likeness (QED) is 0.737. The summed E-state index contributed by atoms with van der Waals surface area (Å²) in [6.07, 6.45) is 1.96. The Bertz CT molecular complexity index is 841. The molecule has 2 nitrogen and oxygen atoms in total. The van der Waals surface area contributed by atoms with Crippen LogP contribution in [0.3, 0.4) is 0 Å². The van der Waals surface area contributed by atoms with E-state index in [-0.39, 0.29) is 5.02 Å². The zero-order valence-corrected chi connectivity index (χ0v) is 12.6. The molecule has 3 aromatic rings. The highest BCUT2D eigenvalue weighted by Crippen LogP contribution is 2.23. The Kier molecular flexibility index (Phi) is 3.66. The fourth-order valence-corrected chi connectivity index (χ4v) is 2.79. The van der Waals surface area contributed by atoms with Crippen LogP contribution in [0, 0.1) is 5.82 Å². The Morgan fingerprint density at radius 1 is 1.24 bits per heavy atom. The van der Waals surface area contributed by atoms with Gasteiger partial charge in [0.1, 0.15) is 10.8 Å². The van der Waals surface area contributed by atoms with Crippen molar-refractivity contribution in [1.29, 1.82) is 0 Å². The highest BCUT2D eigenvalue weighted by molar-refractivity contribution is 7.80. The van der Waals surface area contributed by atoms with Gasteiger partial charge in [0.15, 0.2) is 0 Å². The van der Waals surface area contributed by atoms with Crippen LogP contribution < -0.4 is 5.73 Å². The number of benzene rings is 2. The lowest BCUT2D eigenvalue weighted by Gasteiger charge is -2.08. The Morgan fingerprint density at radius 2 is 2.05 bits per heavy atom. The van der Waals surface area contributed by atoms with Crippen LogP contribution in [0.25, 0.3) is 10.9 Å². The summed E-state index contributed by atoms with van der Waals surface area (Å²) >= 11 is 10.9. The largest absolute Gasteiger partial charge is 0.389 e. The SMILES string of the molecule is NC(=S)c1cccc2c1ccn2Cc1ccc(F)c(Cl)c1. The molecule has 2 N–H and O–H groups in total. The smallest absolute Gasteiger partial charge is 0.141 e. The van der Waals surface area contributed by atoms with Crippen LogP contribution in [0.1, 0.15) is 11.1 Å². The fourth-order valence-electron chi connectivity index (χ4n) is 2.41. The van der Waals surface area contributed by atoms with Gasteiger partial charge < -0.3 is 10.3 Å². The third kappa shape index (κ3) is 2.64. The number of nitrogens with two attached hydrogens (primary N) is 1. The van der Waals surface area contributed by atoms with Crippen LogP contribution in [0.2, 0.25) is 5.02 Å². The van der Waals surface area contributed by atoms with Crippen molar-refractivity contribution in [2.75, 3.05) is 0 Å². The molecule has 5 heteroatoms. The summed E-state index contributed by atoms with van der Waals surface area (Å²) in [6.45, 7) is 0.601. The molecule has 0 aliphatic carbocycles. The monoisotopic (exact) mass is 318 g/mol. The Labute approximate surface area is 131 Å². The third-order valence-electron chi connectivity index (χ3n) is 3.42. The van der Waals surface area contributed by atoms with Gasteiger partial charge in [-0.15, -0.1) is 0 Å². The highest BCUT2D eigenvalue weighted by Gasteiger charge is 2.08. The molecular formula is C16H12ClFN2S. The van der Waals surface area contributed by atoms with Crippen LogP contribution in [0.4, 0.5) is 4.39 Å². The van der Waals surface area contributed by atoms with Crippen molar-refractivity contribution < 1.29 is 4.39 Å². The molecule has 0 fully saturated rings. The average molecular weight is 319 g/mol. The molecule has 21 heavy (non-hydrogen) atoms. The van der Waals surface area contributed by atoms with Gasteiger partial charge in [-0.25, -0.2) is 4.39 Å². The van der Waals surface area contributed by atoms with Gasteiger partial charge in [-0.05, 0) is 29.8 Å². The number of halogens is 2. The van der Waals surface area contributed by atoms with Crippen LogP contribution in [0.5, 0.6) is 0 Å². The molecule has 106 valence electrons. The molecule has 0 saturated heterocycles. The maximum atomic E-state index is 13.2. The summed E-state index contributed by atoms with van der Waals surface area (Å²) < 4.78 is 15.3. The first-order chi connectivity index (χ1) is 10.1. The lowest BCUT2D eigenvalue weighted by molar-refractivity contribution is 0.627. The van der Waals surface area contributed by atoms with Gasteiger partial charge in [-0.1, -0.05) is 42.0 Å². The van der Waals surface area contributed by atoms with E-state index in [4.69, 9.17) is 29.6 Å². The van der Waals surface area contributed by atoms with E-state index in [1.807, 2.05) is 30.5 Å². The molecule has 0 saturated carbocycles. The molecule has 0 bridgehead atoms. The maximum Gasteiger partial charge on any atom is 0.141 e. The number of aromatic nitrogens is 1. The second-order valence-electron chi connectivity index (χ2n) is 4.79. The molecule has 1 heterocycles. The normalized spacial score (nSPS) is 11.0. The summed E-state index contributed by atoms with van der Waals surface area (Å²) in [6, 6.07) is 12.6. The van der Waals surface area contributed by atoms with Crippen molar-refractivity contribution in [3.05, 3.63) is 70.6 Å². The Morgan fingerprint density at radius 3 is 2.76 bits per heavy atom. The molecule has 0 amide bonds. The minimum absolute atomic E-state index is 0.132. The first-order valence-corrected chi connectivity index (χ1v) is 7.16. The van der Waals surface area contributed by atoms with E-state index >= 15 is 0 Å². The van der Waals surface area contributed by atoms with E-state index in [2.05, 4.69) is 4.57 Å². The van der Waals surface area contributed by atoms with Gasteiger partial charge in [-0.2, -0.15) is 0 Å². The summed E-state index contributed by atoms with van der Waals surface area (Å²) in [7, 11) is 0. The van der Waals surface area contributed by atoms with Crippen molar-refractivity contribution in [2.45, 2.75) is 6.54 Å². The molecule has 2 aromatic carbocycles.